The van der Waals surface area contributed by atoms with Crippen molar-refractivity contribution in [2.75, 3.05) is 32.1 Å². The molecule has 1 unspecified atom stereocenters. The molecule has 0 saturated carbocycles. The summed E-state index contributed by atoms with van der Waals surface area (Å²) in [7, 11) is -3.36. The number of hydrogen-bond donors (Lipinski definition) is 1. The molecule has 0 aromatic heterocycles. The van der Waals surface area contributed by atoms with Gasteiger partial charge in [-0.25, -0.2) is 13.4 Å². The van der Waals surface area contributed by atoms with Crippen molar-refractivity contribution in [1.82, 2.24) is 4.90 Å². The zero-order valence-corrected chi connectivity index (χ0v) is 16.6. The number of nitrogens with zero attached hydrogens (tertiary/aromatic N) is 2. The topological polar surface area (TPSA) is 85.0 Å². The fourth-order valence-corrected chi connectivity index (χ4v) is 3.75. The van der Waals surface area contributed by atoms with Crippen molar-refractivity contribution in [2.45, 2.75) is 24.8 Å². The van der Waals surface area contributed by atoms with Gasteiger partial charge in [-0.05, 0) is 26.0 Å². The fourth-order valence-electron chi connectivity index (χ4n) is 2.30. The van der Waals surface area contributed by atoms with Gasteiger partial charge in [0.2, 0.25) is 0 Å². The normalized spacial score (nSPS) is 17.5. The molecule has 0 radical (unpaired) electrons. The first-order valence-corrected chi connectivity index (χ1v) is 8.99. The average Bonchev–Trinajstić information content (AvgIpc) is 2.48. The predicted octanol–water partition coefficient (Wildman–Crippen LogP) is 1.42. The molecule has 2 N–H and O–H groups in total. The third-order valence-corrected chi connectivity index (χ3v) is 5.44. The summed E-state index contributed by atoms with van der Waals surface area (Å²) in [6.45, 7) is 6.30. The van der Waals surface area contributed by atoms with Crippen molar-refractivity contribution in [3.05, 3.63) is 29.8 Å². The number of aliphatic imine (C=N–C) groups is 1. The average molecular weight is 453 g/mol. The van der Waals surface area contributed by atoms with Crippen LogP contribution in [0.3, 0.4) is 0 Å². The highest BCUT2D eigenvalue weighted by molar-refractivity contribution is 14.0. The Bertz CT molecular complexity index is 626. The quantitative estimate of drug-likeness (QED) is 0.424. The number of aryl methyl sites for hydroxylation is 1. The van der Waals surface area contributed by atoms with E-state index in [4.69, 9.17) is 10.5 Å². The van der Waals surface area contributed by atoms with Gasteiger partial charge in [-0.2, -0.15) is 0 Å². The van der Waals surface area contributed by atoms with Gasteiger partial charge >= 0.3 is 0 Å². The van der Waals surface area contributed by atoms with E-state index in [1.807, 2.05) is 11.8 Å². The van der Waals surface area contributed by atoms with Gasteiger partial charge in [-0.3, -0.25) is 0 Å². The number of guanidine groups is 1. The lowest BCUT2D eigenvalue weighted by Gasteiger charge is -2.28. The highest BCUT2D eigenvalue weighted by Gasteiger charge is 2.19. The lowest BCUT2D eigenvalue weighted by atomic mass is 10.2. The predicted molar refractivity (Wildman–Crippen MR) is 102 cm³/mol. The molecule has 23 heavy (non-hydrogen) atoms. The Morgan fingerprint density at radius 3 is 2.43 bits per heavy atom. The Morgan fingerprint density at radius 2 is 1.87 bits per heavy atom. The molecule has 1 aliphatic heterocycles. The first-order valence-electron chi connectivity index (χ1n) is 7.34. The van der Waals surface area contributed by atoms with Crippen molar-refractivity contribution >= 4 is 39.8 Å². The molecular formula is C15H24IN3O3S. The van der Waals surface area contributed by atoms with Crippen molar-refractivity contribution in [3.63, 3.8) is 0 Å². The Hall–Kier alpha value is -0.870. The molecular weight excluding hydrogens is 429 g/mol. The fraction of sp³-hybridized carbons (Fsp3) is 0.533. The lowest BCUT2D eigenvalue weighted by molar-refractivity contribution is 0.0673. The van der Waals surface area contributed by atoms with E-state index in [0.29, 0.717) is 37.2 Å². The molecule has 8 heteroatoms. The number of rotatable bonds is 4. The monoisotopic (exact) mass is 453 g/mol. The molecule has 1 aromatic carbocycles. The molecule has 2 rings (SSSR count). The summed E-state index contributed by atoms with van der Waals surface area (Å²) in [5.41, 5.74) is 6.98. The maximum atomic E-state index is 12.4. The van der Waals surface area contributed by atoms with Crippen LogP contribution in [-0.4, -0.2) is 57.4 Å². The van der Waals surface area contributed by atoms with Gasteiger partial charge < -0.3 is 15.4 Å². The summed E-state index contributed by atoms with van der Waals surface area (Å²) in [4.78, 5) is 6.55. The Labute approximate surface area is 155 Å². The zero-order chi connectivity index (χ0) is 16.2. The number of sulfone groups is 1. The first kappa shape index (κ1) is 20.2. The van der Waals surface area contributed by atoms with E-state index in [1.165, 1.54) is 0 Å². The van der Waals surface area contributed by atoms with Crippen LogP contribution in [0.2, 0.25) is 0 Å². The molecule has 0 bridgehead atoms. The molecule has 0 aliphatic carbocycles. The number of hydrogen-bond acceptors (Lipinski definition) is 4. The molecule has 1 heterocycles. The van der Waals surface area contributed by atoms with Gasteiger partial charge in [0.1, 0.15) is 0 Å². The summed E-state index contributed by atoms with van der Waals surface area (Å²) in [6.07, 6.45) is 0. The molecule has 1 fully saturated rings. The highest BCUT2D eigenvalue weighted by atomic mass is 127. The van der Waals surface area contributed by atoms with Gasteiger partial charge in [0.15, 0.2) is 15.8 Å². The van der Waals surface area contributed by atoms with E-state index in [-0.39, 0.29) is 29.7 Å². The van der Waals surface area contributed by atoms with Gasteiger partial charge in [-0.1, -0.05) is 17.7 Å². The Kier molecular flexibility index (Phi) is 7.75. The van der Waals surface area contributed by atoms with Crippen LogP contribution in [0, 0.1) is 6.92 Å². The third kappa shape index (κ3) is 5.92. The van der Waals surface area contributed by atoms with Crippen LogP contribution in [0.1, 0.15) is 12.5 Å². The molecule has 130 valence electrons. The number of halogens is 1. The molecule has 1 atom stereocenters. The van der Waals surface area contributed by atoms with Crippen molar-refractivity contribution < 1.29 is 13.2 Å². The summed E-state index contributed by atoms with van der Waals surface area (Å²) in [5, 5.41) is 0. The standard InChI is InChI=1S/C15H23N3O3S.HI/c1-12-3-5-14(6-4-12)22(19,20)11-13(2)17-15(16)18-7-9-21-10-8-18;/h3-6,13H,7-11H2,1-2H3,(H2,16,17);1H. The minimum atomic E-state index is -3.36. The van der Waals surface area contributed by atoms with Crippen molar-refractivity contribution in [1.29, 1.82) is 0 Å². The lowest BCUT2D eigenvalue weighted by Crippen LogP contribution is -2.45. The van der Waals surface area contributed by atoms with Crippen LogP contribution in [0.25, 0.3) is 0 Å². The third-order valence-electron chi connectivity index (χ3n) is 3.53. The van der Waals surface area contributed by atoms with Crippen LogP contribution >= 0.6 is 24.0 Å². The molecule has 0 amide bonds. The summed E-state index contributed by atoms with van der Waals surface area (Å²) in [5.74, 6) is 0.330. The molecule has 6 nitrogen and oxygen atoms in total. The number of ether oxygens (including phenoxy) is 1. The van der Waals surface area contributed by atoms with E-state index in [2.05, 4.69) is 4.99 Å². The number of nitrogens with two attached hydrogens (primary N) is 1. The van der Waals surface area contributed by atoms with Crippen LogP contribution in [-0.2, 0) is 14.6 Å². The zero-order valence-electron chi connectivity index (χ0n) is 13.4. The summed E-state index contributed by atoms with van der Waals surface area (Å²) in [6, 6.07) is 6.46. The van der Waals surface area contributed by atoms with Crippen molar-refractivity contribution in [2.24, 2.45) is 10.7 Å². The van der Waals surface area contributed by atoms with Gasteiger partial charge in [0.25, 0.3) is 0 Å². The van der Waals surface area contributed by atoms with Gasteiger partial charge in [0, 0.05) is 13.1 Å². The molecule has 1 aromatic rings. The second-order valence-corrected chi connectivity index (χ2v) is 7.56. The van der Waals surface area contributed by atoms with Crippen molar-refractivity contribution in [3.8, 4) is 0 Å². The number of morpholine rings is 1. The van der Waals surface area contributed by atoms with E-state index in [0.717, 1.165) is 5.56 Å². The van der Waals surface area contributed by atoms with Crippen LogP contribution in [0.4, 0.5) is 0 Å². The molecule has 0 spiro atoms. The number of benzene rings is 1. The van der Waals surface area contributed by atoms with E-state index < -0.39 is 15.9 Å². The van der Waals surface area contributed by atoms with Crippen LogP contribution in [0.5, 0.6) is 0 Å². The van der Waals surface area contributed by atoms with Crippen LogP contribution in [0.15, 0.2) is 34.2 Å². The minimum Gasteiger partial charge on any atom is -0.378 e. The van der Waals surface area contributed by atoms with Gasteiger partial charge in [0.05, 0.1) is 29.9 Å². The Balaban J connectivity index is 0.00000264. The second-order valence-electron chi connectivity index (χ2n) is 5.53. The largest absolute Gasteiger partial charge is 0.378 e. The molecule has 1 saturated heterocycles. The second kappa shape index (κ2) is 8.84. The summed E-state index contributed by atoms with van der Waals surface area (Å²) >= 11 is 0. The van der Waals surface area contributed by atoms with E-state index in [9.17, 15) is 8.42 Å². The maximum Gasteiger partial charge on any atom is 0.191 e. The maximum absolute atomic E-state index is 12.4. The van der Waals surface area contributed by atoms with Gasteiger partial charge in [-0.15, -0.1) is 24.0 Å². The van der Waals surface area contributed by atoms with Crippen LogP contribution < -0.4 is 5.73 Å². The smallest absolute Gasteiger partial charge is 0.191 e. The van der Waals surface area contributed by atoms with E-state index >= 15 is 0 Å². The minimum absolute atomic E-state index is 0. The highest BCUT2D eigenvalue weighted by Crippen LogP contribution is 2.14. The summed E-state index contributed by atoms with van der Waals surface area (Å²) < 4.78 is 30.0. The molecule has 1 aliphatic rings. The Morgan fingerprint density at radius 1 is 1.30 bits per heavy atom. The van der Waals surface area contributed by atoms with E-state index in [1.54, 1.807) is 31.2 Å². The SMILES string of the molecule is Cc1ccc(S(=O)(=O)CC(C)N=C(N)N2CCOCC2)cc1.I. The first-order chi connectivity index (χ1) is 10.4.